The zero-order valence-electron chi connectivity index (χ0n) is 13.7. The molecular formula is C18H19N3O2S. The average Bonchev–Trinajstić information content (AvgIpc) is 3.21. The molecule has 1 saturated heterocycles. The highest BCUT2D eigenvalue weighted by Gasteiger charge is 2.35. The van der Waals surface area contributed by atoms with Gasteiger partial charge in [-0.2, -0.15) is 5.10 Å². The molecule has 1 aromatic carbocycles. The number of hydrogen-bond acceptors (Lipinski definition) is 5. The molecular weight excluding hydrogens is 322 g/mol. The summed E-state index contributed by atoms with van der Waals surface area (Å²) in [4.78, 5) is 14.0. The molecule has 0 spiro atoms. The number of rotatable bonds is 5. The predicted octanol–water partition coefficient (Wildman–Crippen LogP) is 3.91. The Kier molecular flexibility index (Phi) is 5.15. The molecule has 1 aliphatic rings. The van der Waals surface area contributed by atoms with Crippen LogP contribution < -0.4 is 0 Å². The van der Waals surface area contributed by atoms with Crippen LogP contribution in [0, 0.1) is 0 Å². The van der Waals surface area contributed by atoms with E-state index in [9.17, 15) is 4.79 Å². The van der Waals surface area contributed by atoms with E-state index >= 15 is 0 Å². The second-order valence-electron chi connectivity index (χ2n) is 5.41. The first-order chi connectivity index (χ1) is 11.7. The van der Waals surface area contributed by atoms with E-state index in [0.29, 0.717) is 11.7 Å². The van der Waals surface area contributed by atoms with Gasteiger partial charge in [-0.05, 0) is 31.0 Å². The molecule has 0 saturated carbocycles. The lowest BCUT2D eigenvalue weighted by Crippen LogP contribution is -2.30. The Hall–Kier alpha value is -2.34. The van der Waals surface area contributed by atoms with E-state index in [-0.39, 0.29) is 11.2 Å². The molecule has 1 aromatic heterocycles. The minimum atomic E-state index is -0.157. The van der Waals surface area contributed by atoms with Gasteiger partial charge in [-0.25, -0.2) is 0 Å². The van der Waals surface area contributed by atoms with Crippen molar-refractivity contribution in [2.45, 2.75) is 32.1 Å². The monoisotopic (exact) mass is 341 g/mol. The zero-order chi connectivity index (χ0) is 16.9. The highest BCUT2D eigenvalue weighted by atomic mass is 32.2. The summed E-state index contributed by atoms with van der Waals surface area (Å²) >= 11 is 1.43. The number of amides is 1. The first-order valence-corrected chi connectivity index (χ1v) is 8.77. The molecule has 2 heterocycles. The zero-order valence-corrected chi connectivity index (χ0v) is 14.5. The molecule has 6 heteroatoms. The fourth-order valence-electron chi connectivity index (χ4n) is 2.43. The second-order valence-corrected chi connectivity index (χ2v) is 6.72. The maximum atomic E-state index is 12.4. The van der Waals surface area contributed by atoms with Crippen LogP contribution in [-0.2, 0) is 11.3 Å². The number of carbonyl (C=O) groups is 1. The summed E-state index contributed by atoms with van der Waals surface area (Å²) in [5.41, 5.74) is 1.94. The van der Waals surface area contributed by atoms with Gasteiger partial charge in [0, 0.05) is 0 Å². The third-order valence-corrected chi connectivity index (χ3v) is 4.79. The van der Waals surface area contributed by atoms with Crippen LogP contribution in [0.4, 0.5) is 0 Å². The number of nitrogens with zero attached hydrogens (tertiary/aromatic N) is 3. The van der Waals surface area contributed by atoms with Gasteiger partial charge in [0.2, 0.25) is 5.91 Å². The summed E-state index contributed by atoms with van der Waals surface area (Å²) in [6, 6.07) is 13.6. The predicted molar refractivity (Wildman–Crippen MR) is 97.0 cm³/mol. The molecule has 24 heavy (non-hydrogen) atoms. The lowest BCUT2D eigenvalue weighted by Gasteiger charge is -2.13. The maximum absolute atomic E-state index is 12.4. The van der Waals surface area contributed by atoms with Crippen molar-refractivity contribution in [3.05, 3.63) is 60.1 Å². The third kappa shape index (κ3) is 3.59. The minimum absolute atomic E-state index is 0.0307. The normalized spacial score (nSPS) is 20.2. The summed E-state index contributed by atoms with van der Waals surface area (Å²) in [7, 11) is 0. The summed E-state index contributed by atoms with van der Waals surface area (Å²) < 4.78 is 5.35. The maximum Gasteiger partial charge on any atom is 0.242 e. The number of carbonyl (C=O) groups excluding carboxylic acids is 1. The number of amidine groups is 1. The summed E-state index contributed by atoms with van der Waals surface area (Å²) in [6.45, 7) is 4.30. The van der Waals surface area contributed by atoms with E-state index in [2.05, 4.69) is 10.2 Å². The van der Waals surface area contributed by atoms with E-state index in [1.165, 1.54) is 11.8 Å². The topological polar surface area (TPSA) is 58.2 Å². The average molecular weight is 341 g/mol. The molecule has 1 amide bonds. The van der Waals surface area contributed by atoms with Crippen LogP contribution in [0.1, 0.15) is 31.6 Å². The Morgan fingerprint density at radius 1 is 1.25 bits per heavy atom. The molecule has 0 unspecified atom stereocenters. The van der Waals surface area contributed by atoms with E-state index in [0.717, 1.165) is 23.5 Å². The molecule has 1 atom stereocenters. The Morgan fingerprint density at radius 3 is 2.71 bits per heavy atom. The Balaban J connectivity index is 1.86. The largest absolute Gasteiger partial charge is 0.467 e. The van der Waals surface area contributed by atoms with Gasteiger partial charge in [-0.1, -0.05) is 49.0 Å². The number of furan rings is 1. The van der Waals surface area contributed by atoms with E-state index in [1.54, 1.807) is 11.2 Å². The van der Waals surface area contributed by atoms with Crippen molar-refractivity contribution in [3.63, 3.8) is 0 Å². The van der Waals surface area contributed by atoms with Gasteiger partial charge in [0.1, 0.15) is 5.76 Å². The van der Waals surface area contributed by atoms with Crippen molar-refractivity contribution >= 4 is 28.5 Å². The van der Waals surface area contributed by atoms with Crippen LogP contribution in [0.15, 0.2) is 63.3 Å². The Morgan fingerprint density at radius 2 is 2.04 bits per heavy atom. The molecule has 0 aliphatic carbocycles. The van der Waals surface area contributed by atoms with Crippen LogP contribution in [0.2, 0.25) is 0 Å². The second kappa shape index (κ2) is 7.49. The van der Waals surface area contributed by atoms with Crippen molar-refractivity contribution in [1.82, 2.24) is 4.90 Å². The van der Waals surface area contributed by atoms with Crippen LogP contribution in [0.3, 0.4) is 0 Å². The first kappa shape index (κ1) is 16.5. The van der Waals surface area contributed by atoms with Gasteiger partial charge in [-0.15, -0.1) is 5.10 Å². The van der Waals surface area contributed by atoms with Crippen molar-refractivity contribution in [2.75, 3.05) is 0 Å². The summed E-state index contributed by atoms with van der Waals surface area (Å²) in [6.07, 6.45) is 2.37. The van der Waals surface area contributed by atoms with Gasteiger partial charge in [0.25, 0.3) is 0 Å². The first-order valence-electron chi connectivity index (χ1n) is 7.89. The quantitative estimate of drug-likeness (QED) is 0.612. The highest BCUT2D eigenvalue weighted by molar-refractivity contribution is 8.15. The van der Waals surface area contributed by atoms with Crippen molar-refractivity contribution < 1.29 is 9.21 Å². The van der Waals surface area contributed by atoms with Crippen molar-refractivity contribution in [1.29, 1.82) is 0 Å². The van der Waals surface area contributed by atoms with Gasteiger partial charge in [0.05, 0.1) is 23.8 Å². The van der Waals surface area contributed by atoms with Crippen LogP contribution >= 0.6 is 11.8 Å². The summed E-state index contributed by atoms with van der Waals surface area (Å²) in [5, 5.41) is 9.23. The van der Waals surface area contributed by atoms with Crippen molar-refractivity contribution in [2.24, 2.45) is 10.2 Å². The van der Waals surface area contributed by atoms with E-state index in [4.69, 9.17) is 4.42 Å². The lowest BCUT2D eigenvalue weighted by atomic mass is 10.1. The highest BCUT2D eigenvalue weighted by Crippen LogP contribution is 2.28. The fraction of sp³-hybridized carbons (Fsp3) is 0.278. The fourth-order valence-corrected chi connectivity index (χ4v) is 3.35. The van der Waals surface area contributed by atoms with Crippen LogP contribution in [-0.4, -0.2) is 26.9 Å². The van der Waals surface area contributed by atoms with Crippen LogP contribution in [0.25, 0.3) is 0 Å². The molecule has 0 radical (unpaired) electrons. The standard InChI is InChI=1S/C18H19N3O2S/c1-3-16(14-8-5-4-6-9-14)19-20-18-21(17(22)13(2)24-18)12-15-10-7-11-23-15/h4-11,13H,3,12H2,1-2H3/b19-16+,20-18-/t13-/m0/s1. The number of hydrogen-bond donors (Lipinski definition) is 0. The molecule has 0 bridgehead atoms. The Labute approximate surface area is 145 Å². The number of benzene rings is 1. The van der Waals surface area contributed by atoms with Gasteiger partial charge in [-0.3, -0.25) is 9.69 Å². The SMILES string of the molecule is CC/C(=N\N=C1/S[C@@H](C)C(=O)N1Cc1ccco1)c1ccccc1. The molecule has 1 aliphatic heterocycles. The molecule has 124 valence electrons. The minimum Gasteiger partial charge on any atom is -0.467 e. The van der Waals surface area contributed by atoms with E-state index in [1.807, 2.05) is 56.3 Å². The smallest absolute Gasteiger partial charge is 0.242 e. The van der Waals surface area contributed by atoms with Crippen LogP contribution in [0.5, 0.6) is 0 Å². The summed E-state index contributed by atoms with van der Waals surface area (Å²) in [5.74, 6) is 0.761. The van der Waals surface area contributed by atoms with Crippen molar-refractivity contribution in [3.8, 4) is 0 Å². The number of thioether (sulfide) groups is 1. The molecule has 1 fully saturated rings. The molecule has 3 rings (SSSR count). The van der Waals surface area contributed by atoms with Gasteiger partial charge < -0.3 is 4.42 Å². The molecule has 0 N–H and O–H groups in total. The lowest BCUT2D eigenvalue weighted by molar-refractivity contribution is -0.126. The van der Waals surface area contributed by atoms with E-state index < -0.39 is 0 Å². The van der Waals surface area contributed by atoms with Gasteiger partial charge in [0.15, 0.2) is 5.17 Å². The molecule has 2 aromatic rings. The van der Waals surface area contributed by atoms with Gasteiger partial charge >= 0.3 is 0 Å². The third-order valence-electron chi connectivity index (χ3n) is 3.72. The Bertz CT molecular complexity index is 754. The molecule has 5 nitrogen and oxygen atoms in total.